The molecule has 1 rings (SSSR count). The first-order valence-electron chi connectivity index (χ1n) is 7.18. The molecule has 0 aliphatic heterocycles. The quantitative estimate of drug-likeness (QED) is 0.765. The third kappa shape index (κ3) is 5.61. The molecule has 0 fully saturated rings. The highest BCUT2D eigenvalue weighted by Gasteiger charge is 2.11. The highest BCUT2D eigenvalue weighted by atomic mass is 16.5. The lowest BCUT2D eigenvalue weighted by atomic mass is 10.0. The number of hydrogen-bond donors (Lipinski definition) is 2. The van der Waals surface area contributed by atoms with E-state index in [9.17, 15) is 4.79 Å². The van der Waals surface area contributed by atoms with E-state index in [1.807, 2.05) is 31.2 Å². The lowest BCUT2D eigenvalue weighted by Crippen LogP contribution is -2.34. The summed E-state index contributed by atoms with van der Waals surface area (Å²) in [6.07, 6.45) is 2.14. The van der Waals surface area contributed by atoms with E-state index in [2.05, 4.69) is 12.2 Å². The molecule has 0 bridgehead atoms. The van der Waals surface area contributed by atoms with Gasteiger partial charge in [0, 0.05) is 12.5 Å². The number of hydrogen-bond acceptors (Lipinski definition) is 3. The van der Waals surface area contributed by atoms with E-state index in [0.29, 0.717) is 18.9 Å². The van der Waals surface area contributed by atoms with Crippen LogP contribution in [0.1, 0.15) is 32.3 Å². The van der Waals surface area contributed by atoms with Gasteiger partial charge in [0.1, 0.15) is 5.75 Å². The van der Waals surface area contributed by atoms with Gasteiger partial charge in [-0.2, -0.15) is 0 Å². The van der Waals surface area contributed by atoms with Crippen molar-refractivity contribution in [2.24, 2.45) is 11.7 Å². The SMILES string of the molecule is COc1ccccc1CC(C)NC(=O)CCC(C)CN. The molecule has 112 valence electrons. The lowest BCUT2D eigenvalue weighted by molar-refractivity contribution is -0.121. The maximum Gasteiger partial charge on any atom is 0.220 e. The van der Waals surface area contributed by atoms with E-state index >= 15 is 0 Å². The van der Waals surface area contributed by atoms with Crippen molar-refractivity contribution < 1.29 is 9.53 Å². The molecule has 0 saturated heterocycles. The minimum atomic E-state index is 0.0898. The Morgan fingerprint density at radius 3 is 2.70 bits per heavy atom. The molecule has 20 heavy (non-hydrogen) atoms. The first-order valence-corrected chi connectivity index (χ1v) is 7.18. The Morgan fingerprint density at radius 2 is 2.05 bits per heavy atom. The van der Waals surface area contributed by atoms with E-state index < -0.39 is 0 Å². The molecule has 0 aliphatic rings. The van der Waals surface area contributed by atoms with Crippen molar-refractivity contribution in [2.75, 3.05) is 13.7 Å². The molecule has 1 aromatic carbocycles. The number of ether oxygens (including phenoxy) is 1. The van der Waals surface area contributed by atoms with Crippen molar-refractivity contribution in [3.63, 3.8) is 0 Å². The van der Waals surface area contributed by atoms with Crippen LogP contribution in [0.4, 0.5) is 0 Å². The van der Waals surface area contributed by atoms with Crippen LogP contribution in [0.3, 0.4) is 0 Å². The van der Waals surface area contributed by atoms with E-state index in [1.54, 1.807) is 7.11 Å². The summed E-state index contributed by atoms with van der Waals surface area (Å²) in [6.45, 7) is 4.70. The molecule has 2 atom stereocenters. The second-order valence-corrected chi connectivity index (χ2v) is 5.36. The van der Waals surface area contributed by atoms with E-state index in [4.69, 9.17) is 10.5 Å². The summed E-state index contributed by atoms with van der Waals surface area (Å²) < 4.78 is 5.32. The van der Waals surface area contributed by atoms with Crippen molar-refractivity contribution in [1.82, 2.24) is 5.32 Å². The number of nitrogens with one attached hydrogen (secondary N) is 1. The van der Waals surface area contributed by atoms with Crippen LogP contribution in [-0.2, 0) is 11.2 Å². The maximum atomic E-state index is 11.8. The number of benzene rings is 1. The molecule has 2 unspecified atom stereocenters. The molecule has 0 radical (unpaired) electrons. The number of nitrogens with two attached hydrogens (primary N) is 1. The van der Waals surface area contributed by atoms with Crippen molar-refractivity contribution >= 4 is 5.91 Å². The molecule has 1 amide bonds. The van der Waals surface area contributed by atoms with Crippen LogP contribution in [0.5, 0.6) is 5.75 Å². The van der Waals surface area contributed by atoms with Crippen LogP contribution in [0.15, 0.2) is 24.3 Å². The maximum absolute atomic E-state index is 11.8. The third-order valence-electron chi connectivity index (χ3n) is 3.39. The van der Waals surface area contributed by atoms with Crippen LogP contribution in [0.2, 0.25) is 0 Å². The van der Waals surface area contributed by atoms with Gasteiger partial charge in [-0.25, -0.2) is 0 Å². The van der Waals surface area contributed by atoms with Gasteiger partial charge >= 0.3 is 0 Å². The predicted octanol–water partition coefficient (Wildman–Crippen LogP) is 2.12. The van der Waals surface area contributed by atoms with E-state index in [1.165, 1.54) is 0 Å². The topological polar surface area (TPSA) is 64.3 Å². The Kier molecular flexibility index (Phi) is 7.09. The summed E-state index contributed by atoms with van der Waals surface area (Å²) >= 11 is 0. The molecule has 3 N–H and O–H groups in total. The van der Waals surface area contributed by atoms with Crippen LogP contribution >= 0.6 is 0 Å². The van der Waals surface area contributed by atoms with Gasteiger partial charge in [-0.3, -0.25) is 4.79 Å². The minimum absolute atomic E-state index is 0.0898. The molecule has 4 heteroatoms. The Labute approximate surface area is 121 Å². The predicted molar refractivity (Wildman–Crippen MR) is 81.8 cm³/mol. The van der Waals surface area contributed by atoms with Crippen LogP contribution in [-0.4, -0.2) is 25.6 Å². The Balaban J connectivity index is 2.43. The zero-order valence-electron chi connectivity index (χ0n) is 12.7. The molecule has 0 saturated carbocycles. The van der Waals surface area contributed by atoms with Crippen molar-refractivity contribution in [3.05, 3.63) is 29.8 Å². The van der Waals surface area contributed by atoms with Gasteiger partial charge in [-0.15, -0.1) is 0 Å². The van der Waals surface area contributed by atoms with Crippen molar-refractivity contribution in [3.8, 4) is 5.75 Å². The number of para-hydroxylation sites is 1. The first kappa shape index (κ1) is 16.5. The van der Waals surface area contributed by atoms with Gasteiger partial charge in [-0.1, -0.05) is 25.1 Å². The zero-order chi connectivity index (χ0) is 15.0. The molecule has 0 heterocycles. The van der Waals surface area contributed by atoms with Gasteiger partial charge in [0.25, 0.3) is 0 Å². The smallest absolute Gasteiger partial charge is 0.220 e. The summed E-state index contributed by atoms with van der Waals surface area (Å²) in [4.78, 5) is 11.8. The summed E-state index contributed by atoms with van der Waals surface area (Å²) in [7, 11) is 1.66. The molecular formula is C16H26N2O2. The number of methoxy groups -OCH3 is 1. The normalized spacial score (nSPS) is 13.6. The number of carbonyl (C=O) groups excluding carboxylic acids is 1. The standard InChI is InChI=1S/C16H26N2O2/c1-12(11-17)8-9-16(19)18-13(2)10-14-6-4-5-7-15(14)20-3/h4-7,12-13H,8-11,17H2,1-3H3,(H,18,19). The van der Waals surface area contributed by atoms with Crippen LogP contribution in [0.25, 0.3) is 0 Å². The molecule has 0 aromatic heterocycles. The minimum Gasteiger partial charge on any atom is -0.496 e. The summed E-state index contributed by atoms with van der Waals surface area (Å²) in [5, 5.41) is 3.02. The Morgan fingerprint density at radius 1 is 1.35 bits per heavy atom. The van der Waals surface area contributed by atoms with Crippen molar-refractivity contribution in [2.45, 2.75) is 39.2 Å². The van der Waals surface area contributed by atoms with Gasteiger partial charge in [0.05, 0.1) is 7.11 Å². The Hall–Kier alpha value is -1.55. The van der Waals surface area contributed by atoms with E-state index in [-0.39, 0.29) is 11.9 Å². The molecular weight excluding hydrogens is 252 g/mol. The third-order valence-corrected chi connectivity index (χ3v) is 3.39. The number of amides is 1. The lowest BCUT2D eigenvalue weighted by Gasteiger charge is -2.16. The molecule has 4 nitrogen and oxygen atoms in total. The fourth-order valence-corrected chi connectivity index (χ4v) is 2.09. The Bertz CT molecular complexity index is 421. The van der Waals surface area contributed by atoms with Crippen molar-refractivity contribution in [1.29, 1.82) is 0 Å². The highest BCUT2D eigenvalue weighted by molar-refractivity contribution is 5.76. The molecule has 1 aromatic rings. The van der Waals surface area contributed by atoms with E-state index in [0.717, 1.165) is 24.2 Å². The van der Waals surface area contributed by atoms with Gasteiger partial charge in [0.15, 0.2) is 0 Å². The van der Waals surface area contributed by atoms with Crippen LogP contribution in [0, 0.1) is 5.92 Å². The van der Waals surface area contributed by atoms with Gasteiger partial charge < -0.3 is 15.8 Å². The number of carbonyl (C=O) groups is 1. The summed E-state index contributed by atoms with van der Waals surface area (Å²) in [6, 6.07) is 7.98. The second kappa shape index (κ2) is 8.59. The second-order valence-electron chi connectivity index (χ2n) is 5.36. The fraction of sp³-hybridized carbons (Fsp3) is 0.562. The summed E-state index contributed by atoms with van der Waals surface area (Å²) in [5.74, 6) is 1.35. The van der Waals surface area contributed by atoms with Gasteiger partial charge in [0.2, 0.25) is 5.91 Å². The first-order chi connectivity index (χ1) is 9.56. The monoisotopic (exact) mass is 278 g/mol. The molecule has 0 aliphatic carbocycles. The zero-order valence-corrected chi connectivity index (χ0v) is 12.7. The average molecular weight is 278 g/mol. The van der Waals surface area contributed by atoms with Gasteiger partial charge in [-0.05, 0) is 43.9 Å². The molecule has 0 spiro atoms. The summed E-state index contributed by atoms with van der Waals surface area (Å²) in [5.41, 5.74) is 6.66. The highest BCUT2D eigenvalue weighted by Crippen LogP contribution is 2.18. The number of rotatable bonds is 8. The average Bonchev–Trinajstić information content (AvgIpc) is 2.45. The van der Waals surface area contributed by atoms with Crippen LogP contribution < -0.4 is 15.8 Å². The largest absolute Gasteiger partial charge is 0.496 e. The fourth-order valence-electron chi connectivity index (χ4n) is 2.09.